The average Bonchev–Trinajstić information content (AvgIpc) is 2.50. The van der Waals surface area contributed by atoms with Gasteiger partial charge in [-0.15, -0.1) is 11.3 Å². The van der Waals surface area contributed by atoms with Crippen molar-refractivity contribution >= 4 is 44.2 Å². The normalized spacial score (nSPS) is 15.5. The molecule has 0 aromatic carbocycles. The third-order valence-electron chi connectivity index (χ3n) is 2.04. The fraction of sp³-hybridized carbons (Fsp3) is 0.400. The Morgan fingerprint density at radius 2 is 2.20 bits per heavy atom. The number of allylic oxidation sites excluding steroid dienone is 1. The third kappa shape index (κ3) is 3.60. The smallest absolute Gasteiger partial charge is 0.158 e. The largest absolute Gasteiger partial charge is 0.598 e. The summed E-state index contributed by atoms with van der Waals surface area (Å²) in [6.07, 6.45) is 1.96. The molecule has 0 amide bonds. The molecule has 1 heterocycles. The lowest BCUT2D eigenvalue weighted by Gasteiger charge is -2.21. The Hall–Kier alpha value is 0.190. The highest BCUT2D eigenvalue weighted by atomic mass is 79.9. The van der Waals surface area contributed by atoms with Gasteiger partial charge in [0.15, 0.2) is 4.75 Å². The van der Waals surface area contributed by atoms with Crippen LogP contribution in [-0.4, -0.2) is 9.30 Å². The topological polar surface area (TPSA) is 49.1 Å². The van der Waals surface area contributed by atoms with Crippen molar-refractivity contribution in [2.75, 3.05) is 0 Å². The lowest BCUT2D eigenvalue weighted by Crippen LogP contribution is -2.35. The Morgan fingerprint density at radius 3 is 2.60 bits per heavy atom. The maximum Gasteiger partial charge on any atom is 0.158 e. The van der Waals surface area contributed by atoms with E-state index >= 15 is 0 Å². The molecule has 0 aliphatic carbocycles. The van der Waals surface area contributed by atoms with Crippen molar-refractivity contribution in [2.45, 2.75) is 25.5 Å². The van der Waals surface area contributed by atoms with Crippen molar-refractivity contribution in [2.24, 2.45) is 5.14 Å². The van der Waals surface area contributed by atoms with Crippen LogP contribution in [0.1, 0.15) is 25.6 Å². The van der Waals surface area contributed by atoms with Gasteiger partial charge in [-0.3, -0.25) is 0 Å². The molecule has 2 N–H and O–H groups in total. The van der Waals surface area contributed by atoms with E-state index in [0.717, 1.165) is 9.36 Å². The van der Waals surface area contributed by atoms with Crippen LogP contribution >= 0.6 is 27.3 Å². The van der Waals surface area contributed by atoms with Crippen LogP contribution in [0, 0.1) is 0 Å². The van der Waals surface area contributed by atoms with E-state index in [1.165, 1.54) is 4.88 Å². The predicted molar refractivity (Wildman–Crippen MR) is 72.1 cm³/mol. The predicted octanol–water partition coefficient (Wildman–Crippen LogP) is 3.31. The highest BCUT2D eigenvalue weighted by Gasteiger charge is 2.27. The van der Waals surface area contributed by atoms with E-state index in [1.54, 1.807) is 11.3 Å². The first-order chi connectivity index (χ1) is 6.83. The first-order valence-electron chi connectivity index (χ1n) is 4.44. The van der Waals surface area contributed by atoms with Crippen molar-refractivity contribution < 1.29 is 4.55 Å². The minimum absolute atomic E-state index is 0.486. The quantitative estimate of drug-likeness (QED) is 0.871. The standard InChI is InChI=1S/C10H14BrNOS2/c1-7(6-10(2,3)15(12)13)8-4-5-9(11)14-8/h4-6H,12H2,1-3H3. The summed E-state index contributed by atoms with van der Waals surface area (Å²) in [6.45, 7) is 5.75. The average molecular weight is 308 g/mol. The van der Waals surface area contributed by atoms with Crippen LogP contribution in [0.5, 0.6) is 0 Å². The van der Waals surface area contributed by atoms with Gasteiger partial charge in [0.05, 0.1) is 3.79 Å². The first kappa shape index (κ1) is 13.3. The van der Waals surface area contributed by atoms with Crippen LogP contribution < -0.4 is 5.14 Å². The Balaban J connectivity index is 2.94. The Kier molecular flexibility index (Phi) is 4.43. The highest BCUT2D eigenvalue weighted by molar-refractivity contribution is 9.11. The lowest BCUT2D eigenvalue weighted by atomic mass is 10.1. The van der Waals surface area contributed by atoms with Gasteiger partial charge in [0, 0.05) is 16.2 Å². The molecule has 1 atom stereocenters. The van der Waals surface area contributed by atoms with Crippen LogP contribution in [0.2, 0.25) is 0 Å². The SMILES string of the molecule is CC(=CC(C)(C)[S+](N)[O-])c1ccc(Br)s1. The van der Waals surface area contributed by atoms with E-state index in [-0.39, 0.29) is 0 Å². The molecular formula is C10H14BrNOS2. The summed E-state index contributed by atoms with van der Waals surface area (Å²) in [7, 11) is 0. The Labute approximate surface area is 106 Å². The molecule has 1 aromatic heterocycles. The highest BCUT2D eigenvalue weighted by Crippen LogP contribution is 2.30. The van der Waals surface area contributed by atoms with Gasteiger partial charge < -0.3 is 4.55 Å². The summed E-state index contributed by atoms with van der Waals surface area (Å²) in [5.74, 6) is 0. The van der Waals surface area contributed by atoms with Crippen molar-refractivity contribution in [3.63, 3.8) is 0 Å². The second-order valence-electron chi connectivity index (χ2n) is 3.83. The van der Waals surface area contributed by atoms with Gasteiger partial charge in [-0.05, 0) is 60.5 Å². The second kappa shape index (κ2) is 5.01. The van der Waals surface area contributed by atoms with Crippen molar-refractivity contribution in [1.82, 2.24) is 0 Å². The number of halogens is 1. The van der Waals surface area contributed by atoms with Crippen LogP contribution in [0.4, 0.5) is 0 Å². The molecule has 0 radical (unpaired) electrons. The molecule has 0 aliphatic heterocycles. The maximum atomic E-state index is 11.3. The van der Waals surface area contributed by atoms with E-state index < -0.39 is 16.1 Å². The summed E-state index contributed by atoms with van der Waals surface area (Å²) < 4.78 is 11.9. The van der Waals surface area contributed by atoms with Gasteiger partial charge >= 0.3 is 0 Å². The molecule has 0 bridgehead atoms. The van der Waals surface area contributed by atoms with E-state index in [9.17, 15) is 4.55 Å². The number of rotatable bonds is 3. The summed E-state index contributed by atoms with van der Waals surface area (Å²) in [6, 6.07) is 4.04. The maximum absolute atomic E-state index is 11.3. The molecule has 0 aliphatic rings. The molecule has 0 saturated carbocycles. The van der Waals surface area contributed by atoms with Gasteiger partial charge in [-0.2, -0.15) is 5.14 Å². The third-order valence-corrected chi connectivity index (χ3v) is 4.96. The molecule has 0 saturated heterocycles. The van der Waals surface area contributed by atoms with Crippen molar-refractivity contribution in [3.8, 4) is 0 Å². The van der Waals surface area contributed by atoms with Gasteiger partial charge in [0.2, 0.25) is 0 Å². The fourth-order valence-electron chi connectivity index (χ4n) is 1.18. The Morgan fingerprint density at radius 1 is 1.60 bits per heavy atom. The van der Waals surface area contributed by atoms with Crippen LogP contribution in [-0.2, 0) is 11.4 Å². The molecule has 1 rings (SSSR count). The number of hydrogen-bond donors (Lipinski definition) is 1. The second-order valence-corrected chi connectivity index (χ2v) is 7.94. The van der Waals surface area contributed by atoms with Crippen LogP contribution in [0.25, 0.3) is 5.57 Å². The van der Waals surface area contributed by atoms with E-state index in [1.807, 2.05) is 39.0 Å². The summed E-state index contributed by atoms with van der Waals surface area (Å²) >= 11 is 3.73. The zero-order valence-electron chi connectivity index (χ0n) is 8.91. The number of nitrogens with two attached hydrogens (primary N) is 1. The van der Waals surface area contributed by atoms with Gasteiger partial charge in [-0.25, -0.2) is 0 Å². The monoisotopic (exact) mass is 307 g/mol. The zero-order chi connectivity index (χ0) is 11.6. The van der Waals surface area contributed by atoms with Crippen molar-refractivity contribution in [3.05, 3.63) is 26.9 Å². The van der Waals surface area contributed by atoms with Crippen molar-refractivity contribution in [1.29, 1.82) is 0 Å². The summed E-state index contributed by atoms with van der Waals surface area (Å²) in [4.78, 5) is 1.17. The van der Waals surface area contributed by atoms with Crippen LogP contribution in [0.3, 0.4) is 0 Å². The summed E-state index contributed by atoms with van der Waals surface area (Å²) in [5, 5.41) is 5.42. The molecule has 2 nitrogen and oxygen atoms in total. The summed E-state index contributed by atoms with van der Waals surface area (Å²) in [5.41, 5.74) is 1.11. The molecule has 0 fully saturated rings. The van der Waals surface area contributed by atoms with E-state index in [2.05, 4.69) is 15.9 Å². The molecule has 84 valence electrons. The lowest BCUT2D eigenvalue weighted by molar-refractivity contribution is 0.573. The van der Waals surface area contributed by atoms with Gasteiger partial charge in [0.25, 0.3) is 0 Å². The van der Waals surface area contributed by atoms with E-state index in [0.29, 0.717) is 0 Å². The molecule has 1 aromatic rings. The number of thiophene rings is 1. The Bertz CT molecular complexity index is 371. The van der Waals surface area contributed by atoms with Gasteiger partial charge in [0.1, 0.15) is 0 Å². The van der Waals surface area contributed by atoms with Gasteiger partial charge in [-0.1, -0.05) is 0 Å². The van der Waals surface area contributed by atoms with Crippen LogP contribution in [0.15, 0.2) is 22.0 Å². The number of hydrogen-bond acceptors (Lipinski definition) is 3. The van der Waals surface area contributed by atoms with E-state index in [4.69, 9.17) is 5.14 Å². The molecule has 1 unspecified atom stereocenters. The fourth-order valence-corrected chi connectivity index (χ4v) is 2.83. The minimum atomic E-state index is -1.35. The first-order valence-corrected chi connectivity index (χ1v) is 7.26. The minimum Gasteiger partial charge on any atom is -0.598 e. The molecular weight excluding hydrogens is 294 g/mol. The molecule has 0 spiro atoms. The molecule has 5 heteroatoms. The molecule has 15 heavy (non-hydrogen) atoms. The zero-order valence-corrected chi connectivity index (χ0v) is 12.1.